The molecule has 2 aliphatic heterocycles. The van der Waals surface area contributed by atoms with Gasteiger partial charge < -0.3 is 19.1 Å². The third kappa shape index (κ3) is 4.20. The SMILES string of the molecule is [B]C1(Oc2ccc3c(c2)OC([B])([B])C([B])([B])O3)CCN(c2nn3c(=O)ccnc3c(C3CC3)c2C)CC1. The van der Waals surface area contributed by atoms with Crippen molar-refractivity contribution in [3.63, 3.8) is 0 Å². The van der Waals surface area contributed by atoms with E-state index in [0.717, 1.165) is 29.8 Å². The number of hydrogen-bond acceptors (Lipinski definition) is 7. The van der Waals surface area contributed by atoms with Gasteiger partial charge in [-0.1, -0.05) is 0 Å². The van der Waals surface area contributed by atoms with E-state index in [4.69, 9.17) is 53.4 Å². The first-order valence-corrected chi connectivity index (χ1v) is 12.3. The number of aromatic nitrogens is 3. The fraction of sp³-hybridized carbons (Fsp3) is 0.458. The Morgan fingerprint density at radius 1 is 1.00 bits per heavy atom. The van der Waals surface area contributed by atoms with E-state index in [9.17, 15) is 4.79 Å². The van der Waals surface area contributed by atoms with Gasteiger partial charge in [-0.2, -0.15) is 4.52 Å². The van der Waals surface area contributed by atoms with E-state index in [2.05, 4.69) is 21.9 Å². The number of anilines is 1. The molecular weight excluding hydrogens is 462 g/mol. The van der Waals surface area contributed by atoms with Gasteiger partial charge in [0.05, 0.1) is 5.50 Å². The molecule has 0 spiro atoms. The van der Waals surface area contributed by atoms with E-state index in [-0.39, 0.29) is 11.3 Å². The van der Waals surface area contributed by atoms with Crippen molar-refractivity contribution in [3.05, 3.63) is 51.9 Å². The van der Waals surface area contributed by atoms with E-state index >= 15 is 0 Å². The van der Waals surface area contributed by atoms with Gasteiger partial charge in [-0.15, -0.1) is 5.10 Å². The molecule has 0 bridgehead atoms. The smallest absolute Gasteiger partial charge is 0.274 e. The Kier molecular flexibility index (Phi) is 5.45. The maximum atomic E-state index is 12.6. The maximum Gasteiger partial charge on any atom is 0.274 e. The fourth-order valence-electron chi connectivity index (χ4n) is 4.97. The van der Waals surface area contributed by atoms with Gasteiger partial charge in [-0.05, 0) is 50.7 Å². The van der Waals surface area contributed by atoms with Crippen LogP contribution in [0.15, 0.2) is 35.3 Å². The number of piperidine rings is 1. The van der Waals surface area contributed by atoms with E-state index in [1.165, 1.54) is 10.6 Å². The molecule has 0 atom stereocenters. The summed E-state index contributed by atoms with van der Waals surface area (Å²) < 4.78 is 18.7. The third-order valence-electron chi connectivity index (χ3n) is 7.30. The lowest BCUT2D eigenvalue weighted by atomic mass is 9.41. The van der Waals surface area contributed by atoms with Crippen molar-refractivity contribution in [3.8, 4) is 17.2 Å². The van der Waals surface area contributed by atoms with E-state index in [0.29, 0.717) is 49.0 Å². The number of benzene rings is 1. The summed E-state index contributed by atoms with van der Waals surface area (Å²) in [5.74, 6) is 2.19. The molecule has 0 N–H and O–H groups in total. The molecule has 8 nitrogen and oxygen atoms in total. The Balaban J connectivity index is 1.22. The Morgan fingerprint density at radius 2 is 1.68 bits per heavy atom. The standard InChI is InChI=1S/C24H21B5N4O4/c1-13-19(14-2-3-14)21-30-9-6-18(34)33(21)31-20(13)32-10-7-22(25,8-11-32)35-15-4-5-16-17(12-15)37-24(28,29)23(26,27)36-16/h4-6,9,12,14H,2-3,7-8,10-11H2,1H3. The van der Waals surface area contributed by atoms with Gasteiger partial charge in [0.15, 0.2) is 23.0 Å². The molecule has 10 radical (unpaired) electrons. The molecule has 0 unspecified atom stereocenters. The van der Waals surface area contributed by atoms with Crippen molar-refractivity contribution >= 4 is 50.7 Å². The van der Waals surface area contributed by atoms with Gasteiger partial charge in [-0.25, -0.2) is 4.98 Å². The Hall–Kier alpha value is -2.97. The fourth-order valence-corrected chi connectivity index (χ4v) is 4.97. The zero-order valence-corrected chi connectivity index (χ0v) is 20.5. The van der Waals surface area contributed by atoms with Gasteiger partial charge in [0, 0.05) is 53.3 Å². The summed E-state index contributed by atoms with van der Waals surface area (Å²) in [6, 6.07) is 6.32. The number of ether oxygens (including phenoxy) is 3. The molecule has 3 aromatic rings. The summed E-state index contributed by atoms with van der Waals surface area (Å²) >= 11 is 0. The highest BCUT2D eigenvalue weighted by Gasteiger charge is 2.43. The third-order valence-corrected chi connectivity index (χ3v) is 7.30. The molecule has 2 fully saturated rings. The van der Waals surface area contributed by atoms with Crippen LogP contribution in [-0.2, 0) is 0 Å². The van der Waals surface area contributed by atoms with E-state index in [1.54, 1.807) is 24.4 Å². The summed E-state index contributed by atoms with van der Waals surface area (Å²) in [7, 11) is 30.0. The topological polar surface area (TPSA) is 78.2 Å². The number of nitrogens with zero attached hydrogens (tertiary/aromatic N) is 4. The van der Waals surface area contributed by atoms with Crippen LogP contribution < -0.4 is 24.7 Å². The second kappa shape index (κ2) is 8.27. The van der Waals surface area contributed by atoms with Crippen LogP contribution in [0.4, 0.5) is 5.82 Å². The molecule has 1 aliphatic carbocycles. The Labute approximate surface area is 221 Å². The average Bonchev–Trinajstić information content (AvgIpc) is 3.65. The van der Waals surface area contributed by atoms with Crippen LogP contribution >= 0.6 is 0 Å². The van der Waals surface area contributed by atoms with Gasteiger partial charge in [-0.3, -0.25) is 4.79 Å². The highest BCUT2D eigenvalue weighted by atomic mass is 16.6. The van der Waals surface area contributed by atoms with Crippen LogP contribution in [0.3, 0.4) is 0 Å². The quantitative estimate of drug-likeness (QED) is 0.502. The molecule has 37 heavy (non-hydrogen) atoms. The van der Waals surface area contributed by atoms with Gasteiger partial charge in [0.1, 0.15) is 45.0 Å². The minimum absolute atomic E-state index is 0.194. The zero-order valence-electron chi connectivity index (χ0n) is 20.5. The summed E-state index contributed by atoms with van der Waals surface area (Å²) in [6.07, 6.45) is 4.77. The molecule has 4 heterocycles. The van der Waals surface area contributed by atoms with Crippen molar-refractivity contribution in [2.24, 2.45) is 0 Å². The van der Waals surface area contributed by atoms with Crippen molar-refractivity contribution in [1.82, 2.24) is 14.6 Å². The zero-order chi connectivity index (χ0) is 26.2. The molecule has 13 heteroatoms. The molecule has 3 aliphatic rings. The highest BCUT2D eigenvalue weighted by molar-refractivity contribution is 6.53. The molecule has 1 saturated heterocycles. The van der Waals surface area contributed by atoms with Crippen LogP contribution in [0.1, 0.15) is 42.7 Å². The second-order valence-corrected chi connectivity index (χ2v) is 10.2. The summed E-state index contributed by atoms with van der Waals surface area (Å²) in [4.78, 5) is 19.2. The number of hydrogen-bond donors (Lipinski definition) is 0. The minimum atomic E-state index is -1.94. The van der Waals surface area contributed by atoms with Crippen molar-refractivity contribution in [1.29, 1.82) is 0 Å². The summed E-state index contributed by atoms with van der Waals surface area (Å²) in [5, 5.41) is 0.844. The van der Waals surface area contributed by atoms with Crippen molar-refractivity contribution in [2.45, 2.75) is 54.8 Å². The predicted octanol–water partition coefficient (Wildman–Crippen LogP) is 0.572. The molecular formula is C24H21B5N4O4. The molecule has 2 aromatic heterocycles. The predicted molar refractivity (Wildman–Crippen MR) is 143 cm³/mol. The molecule has 176 valence electrons. The first-order chi connectivity index (χ1) is 17.5. The highest BCUT2D eigenvalue weighted by Crippen LogP contribution is 2.45. The van der Waals surface area contributed by atoms with Gasteiger partial charge >= 0.3 is 0 Å². The first-order valence-electron chi connectivity index (χ1n) is 12.3. The lowest BCUT2D eigenvalue weighted by Gasteiger charge is -2.48. The number of fused-ring (bicyclic) bond motifs is 2. The Morgan fingerprint density at radius 3 is 2.35 bits per heavy atom. The maximum absolute atomic E-state index is 12.6. The van der Waals surface area contributed by atoms with Crippen LogP contribution in [0.5, 0.6) is 17.2 Å². The van der Waals surface area contributed by atoms with Gasteiger partial charge in [0.2, 0.25) is 0 Å². The monoisotopic (exact) mass is 484 g/mol. The first kappa shape index (κ1) is 24.4. The summed E-state index contributed by atoms with van der Waals surface area (Å²) in [5.41, 5.74) is 1.68. The minimum Gasteiger partial charge on any atom is -0.501 e. The van der Waals surface area contributed by atoms with Crippen LogP contribution in [0.2, 0.25) is 0 Å². The van der Waals surface area contributed by atoms with Crippen molar-refractivity contribution in [2.75, 3.05) is 18.0 Å². The molecule has 1 saturated carbocycles. The van der Waals surface area contributed by atoms with E-state index < -0.39 is 16.3 Å². The lowest BCUT2D eigenvalue weighted by Crippen LogP contribution is -2.65. The molecule has 6 rings (SSSR count). The lowest BCUT2D eigenvalue weighted by molar-refractivity contribution is 0.0603. The molecule has 0 amide bonds. The van der Waals surface area contributed by atoms with Gasteiger partial charge in [0.25, 0.3) is 5.56 Å². The largest absolute Gasteiger partial charge is 0.501 e. The van der Waals surface area contributed by atoms with Crippen LogP contribution in [-0.4, -0.2) is 83.2 Å². The average molecular weight is 484 g/mol. The normalized spacial score (nSPS) is 21.5. The second-order valence-electron chi connectivity index (χ2n) is 10.2. The number of rotatable bonds is 4. The molecule has 1 aromatic carbocycles. The summed E-state index contributed by atoms with van der Waals surface area (Å²) in [6.45, 7) is 3.24. The van der Waals surface area contributed by atoms with Crippen LogP contribution in [0.25, 0.3) is 5.65 Å². The Bertz CT molecular complexity index is 1450. The van der Waals surface area contributed by atoms with Crippen LogP contribution in [0, 0.1) is 6.92 Å². The van der Waals surface area contributed by atoms with E-state index in [1.807, 2.05) is 0 Å². The van der Waals surface area contributed by atoms with Crippen molar-refractivity contribution < 1.29 is 14.2 Å².